The van der Waals surface area contributed by atoms with Crippen molar-refractivity contribution >= 4 is 28.7 Å². The summed E-state index contributed by atoms with van der Waals surface area (Å²) in [6.07, 6.45) is 3.08. The molecule has 0 bridgehead atoms. The predicted octanol–water partition coefficient (Wildman–Crippen LogP) is 0.673. The summed E-state index contributed by atoms with van der Waals surface area (Å²) < 4.78 is 0. The number of hydrogen-bond donors (Lipinski definition) is 3. The van der Waals surface area contributed by atoms with Crippen LogP contribution in [-0.2, 0) is 4.79 Å². The summed E-state index contributed by atoms with van der Waals surface area (Å²) in [5.41, 5.74) is 12.2. The van der Waals surface area contributed by atoms with E-state index >= 15 is 0 Å². The Kier molecular flexibility index (Phi) is 3.74. The summed E-state index contributed by atoms with van der Waals surface area (Å²) in [7, 11) is 0. The van der Waals surface area contributed by atoms with E-state index in [4.69, 9.17) is 11.5 Å². The van der Waals surface area contributed by atoms with Crippen molar-refractivity contribution in [3.8, 4) is 0 Å². The van der Waals surface area contributed by atoms with Crippen LogP contribution in [0.25, 0.3) is 11.0 Å². The number of hydrogen-bond acceptors (Lipinski definition) is 6. The summed E-state index contributed by atoms with van der Waals surface area (Å²) in [6.45, 7) is 1.97. The monoisotopic (exact) mass is 260 g/mol. The van der Waals surface area contributed by atoms with Gasteiger partial charge in [0, 0.05) is 6.20 Å². The van der Waals surface area contributed by atoms with Crippen LogP contribution in [0.4, 0.5) is 11.8 Å². The molecule has 0 radical (unpaired) electrons. The molecule has 2 aromatic heterocycles. The predicted molar refractivity (Wildman–Crippen MR) is 73.3 cm³/mol. The van der Waals surface area contributed by atoms with E-state index in [-0.39, 0.29) is 5.95 Å². The number of pyridine rings is 1. The minimum atomic E-state index is -0.496. The Morgan fingerprint density at radius 3 is 2.95 bits per heavy atom. The van der Waals surface area contributed by atoms with E-state index in [1.807, 2.05) is 6.92 Å². The smallest absolute Gasteiger partial charge is 0.239 e. The number of nitrogen functional groups attached to an aromatic ring is 1. The molecule has 2 rings (SSSR count). The zero-order valence-electron chi connectivity index (χ0n) is 10.6. The number of nitrogens with one attached hydrogen (secondary N) is 1. The first-order chi connectivity index (χ1) is 9.11. The summed E-state index contributed by atoms with van der Waals surface area (Å²) in [5.74, 6) is 0.131. The highest BCUT2D eigenvalue weighted by Crippen LogP contribution is 2.19. The van der Waals surface area contributed by atoms with Gasteiger partial charge in [0.1, 0.15) is 11.6 Å². The molecule has 1 amide bonds. The summed E-state index contributed by atoms with van der Waals surface area (Å²) in [6, 6.07) is 3.05. The molecule has 0 spiro atoms. The van der Waals surface area contributed by atoms with E-state index in [0.717, 1.165) is 6.42 Å². The number of primary amides is 1. The molecule has 0 aliphatic carbocycles. The van der Waals surface area contributed by atoms with Gasteiger partial charge in [-0.1, -0.05) is 13.3 Å². The lowest BCUT2D eigenvalue weighted by molar-refractivity contribution is -0.118. The number of anilines is 2. The van der Waals surface area contributed by atoms with Crippen LogP contribution in [0.5, 0.6) is 0 Å². The Labute approximate surface area is 110 Å². The molecule has 0 saturated carbocycles. The van der Waals surface area contributed by atoms with Gasteiger partial charge in [-0.25, -0.2) is 4.98 Å². The number of amides is 1. The second kappa shape index (κ2) is 5.47. The molecule has 0 aliphatic rings. The van der Waals surface area contributed by atoms with E-state index in [9.17, 15) is 4.79 Å². The topological polar surface area (TPSA) is 120 Å². The molecule has 2 aromatic rings. The lowest BCUT2D eigenvalue weighted by Gasteiger charge is -2.16. The number of aromatic nitrogens is 3. The van der Waals surface area contributed by atoms with Crippen LogP contribution in [0.1, 0.15) is 19.8 Å². The van der Waals surface area contributed by atoms with E-state index in [2.05, 4.69) is 20.3 Å². The maximum Gasteiger partial charge on any atom is 0.239 e. The van der Waals surface area contributed by atoms with Crippen molar-refractivity contribution in [3.05, 3.63) is 18.3 Å². The van der Waals surface area contributed by atoms with Crippen molar-refractivity contribution in [2.45, 2.75) is 25.8 Å². The maximum absolute atomic E-state index is 11.4. The third-order valence-electron chi connectivity index (χ3n) is 2.70. The van der Waals surface area contributed by atoms with Crippen LogP contribution in [0.2, 0.25) is 0 Å². The minimum Gasteiger partial charge on any atom is -0.368 e. The first kappa shape index (κ1) is 13.0. The average Bonchev–Trinajstić information content (AvgIpc) is 2.37. The quantitative estimate of drug-likeness (QED) is 0.726. The van der Waals surface area contributed by atoms with Crippen LogP contribution in [0, 0.1) is 0 Å². The summed E-state index contributed by atoms with van der Waals surface area (Å²) >= 11 is 0. The Morgan fingerprint density at radius 1 is 1.47 bits per heavy atom. The Morgan fingerprint density at radius 2 is 2.26 bits per heavy atom. The number of carbonyl (C=O) groups excluding carboxylic acids is 1. The van der Waals surface area contributed by atoms with E-state index in [1.54, 1.807) is 18.3 Å². The first-order valence-electron chi connectivity index (χ1n) is 6.06. The second-order valence-electron chi connectivity index (χ2n) is 4.19. The van der Waals surface area contributed by atoms with Gasteiger partial charge in [0.25, 0.3) is 0 Å². The summed E-state index contributed by atoms with van der Waals surface area (Å²) in [5, 5.41) is 3.00. The second-order valence-corrected chi connectivity index (χ2v) is 4.19. The van der Waals surface area contributed by atoms with Crippen LogP contribution in [0.3, 0.4) is 0 Å². The molecule has 1 atom stereocenters. The fourth-order valence-corrected chi connectivity index (χ4v) is 1.83. The molecular weight excluding hydrogens is 244 g/mol. The fourth-order valence-electron chi connectivity index (χ4n) is 1.83. The number of fused-ring (bicyclic) bond motifs is 1. The third-order valence-corrected chi connectivity index (χ3v) is 2.70. The molecule has 7 nitrogen and oxygen atoms in total. The van der Waals surface area contributed by atoms with Gasteiger partial charge in [-0.2, -0.15) is 4.98 Å². The lowest BCUT2D eigenvalue weighted by atomic mass is 10.1. The molecule has 5 N–H and O–H groups in total. The Hall–Kier alpha value is -2.44. The molecule has 0 aliphatic heterocycles. The lowest BCUT2D eigenvalue weighted by Crippen LogP contribution is -2.35. The molecular formula is C12H16N6O. The van der Waals surface area contributed by atoms with Gasteiger partial charge in [0.05, 0.1) is 5.52 Å². The maximum atomic E-state index is 11.4. The summed E-state index contributed by atoms with van der Waals surface area (Å²) in [4.78, 5) is 23.8. The van der Waals surface area contributed by atoms with Crippen molar-refractivity contribution in [1.82, 2.24) is 15.0 Å². The van der Waals surface area contributed by atoms with Gasteiger partial charge >= 0.3 is 0 Å². The highest BCUT2D eigenvalue weighted by molar-refractivity contribution is 5.89. The van der Waals surface area contributed by atoms with Crippen molar-refractivity contribution in [1.29, 1.82) is 0 Å². The Balaban J connectivity index is 2.41. The van der Waals surface area contributed by atoms with Crippen LogP contribution < -0.4 is 16.8 Å². The standard InChI is InChI=1S/C12H16N6O/c1-2-4-8(10(13)19)16-11-9-7(5-3-6-15-9)17-12(14)18-11/h3,5-6,8H,2,4H2,1H3,(H2,13,19)(H3,14,16,17,18)/t8-/m0/s1. The van der Waals surface area contributed by atoms with E-state index in [1.165, 1.54) is 0 Å². The highest BCUT2D eigenvalue weighted by atomic mass is 16.1. The van der Waals surface area contributed by atoms with Crippen molar-refractivity contribution in [3.63, 3.8) is 0 Å². The van der Waals surface area contributed by atoms with Crippen LogP contribution in [0.15, 0.2) is 18.3 Å². The molecule has 100 valence electrons. The van der Waals surface area contributed by atoms with E-state index < -0.39 is 11.9 Å². The van der Waals surface area contributed by atoms with Gasteiger partial charge in [-0.05, 0) is 18.6 Å². The SMILES string of the molecule is CCC[C@H](Nc1nc(N)nc2cccnc12)C(N)=O. The van der Waals surface area contributed by atoms with E-state index in [0.29, 0.717) is 23.3 Å². The number of carbonyl (C=O) groups is 1. The molecule has 0 unspecified atom stereocenters. The van der Waals surface area contributed by atoms with Crippen LogP contribution >= 0.6 is 0 Å². The minimum absolute atomic E-state index is 0.128. The van der Waals surface area contributed by atoms with Crippen molar-refractivity contribution < 1.29 is 4.79 Å². The zero-order chi connectivity index (χ0) is 13.8. The number of rotatable bonds is 5. The average molecular weight is 260 g/mol. The van der Waals surface area contributed by atoms with Gasteiger partial charge in [-0.3, -0.25) is 9.78 Å². The van der Waals surface area contributed by atoms with Crippen LogP contribution in [-0.4, -0.2) is 26.9 Å². The fraction of sp³-hybridized carbons (Fsp3) is 0.333. The van der Waals surface area contributed by atoms with Gasteiger partial charge in [0.2, 0.25) is 11.9 Å². The normalized spacial score (nSPS) is 12.3. The van der Waals surface area contributed by atoms with Crippen molar-refractivity contribution in [2.75, 3.05) is 11.1 Å². The highest BCUT2D eigenvalue weighted by Gasteiger charge is 2.17. The van der Waals surface area contributed by atoms with Gasteiger partial charge in [0.15, 0.2) is 5.82 Å². The molecule has 0 saturated heterocycles. The van der Waals surface area contributed by atoms with Crippen molar-refractivity contribution in [2.24, 2.45) is 5.73 Å². The molecule has 0 fully saturated rings. The van der Waals surface area contributed by atoms with Gasteiger partial charge in [-0.15, -0.1) is 0 Å². The molecule has 19 heavy (non-hydrogen) atoms. The zero-order valence-corrected chi connectivity index (χ0v) is 10.6. The Bertz CT molecular complexity index is 600. The van der Waals surface area contributed by atoms with Gasteiger partial charge < -0.3 is 16.8 Å². The number of nitrogens with zero attached hydrogens (tertiary/aromatic N) is 3. The first-order valence-corrected chi connectivity index (χ1v) is 6.06. The molecule has 2 heterocycles. The molecule has 7 heteroatoms. The molecule has 0 aromatic carbocycles. The number of nitrogens with two attached hydrogens (primary N) is 2. The largest absolute Gasteiger partial charge is 0.368 e. The third kappa shape index (κ3) is 2.87.